The van der Waals surface area contributed by atoms with Gasteiger partial charge in [0, 0.05) is 6.54 Å². The van der Waals surface area contributed by atoms with E-state index in [4.69, 9.17) is 4.74 Å². The van der Waals surface area contributed by atoms with Crippen molar-refractivity contribution in [3.8, 4) is 0 Å². The number of imidazole rings is 1. The van der Waals surface area contributed by atoms with E-state index in [1.54, 1.807) is 0 Å². The van der Waals surface area contributed by atoms with E-state index in [1.165, 1.54) is 19.3 Å². The molecule has 1 heterocycles. The Morgan fingerprint density at radius 1 is 1.38 bits per heavy atom. The van der Waals surface area contributed by atoms with E-state index in [0.717, 1.165) is 18.7 Å². The van der Waals surface area contributed by atoms with Gasteiger partial charge in [0.1, 0.15) is 5.60 Å². The Labute approximate surface area is 128 Å². The van der Waals surface area contributed by atoms with Crippen LogP contribution in [0.5, 0.6) is 0 Å². The number of nitrogens with one attached hydrogen (secondary N) is 1. The van der Waals surface area contributed by atoms with Crippen LogP contribution in [0.1, 0.15) is 72.0 Å². The molecule has 0 saturated heterocycles. The third-order valence-corrected chi connectivity index (χ3v) is 3.17. The van der Waals surface area contributed by atoms with Crippen LogP contribution in [0.2, 0.25) is 0 Å². The molecule has 0 saturated carbocycles. The van der Waals surface area contributed by atoms with Crippen LogP contribution < -0.4 is 5.32 Å². The molecule has 120 valence electrons. The van der Waals surface area contributed by atoms with Crippen molar-refractivity contribution in [1.29, 1.82) is 0 Å². The van der Waals surface area contributed by atoms with Crippen molar-refractivity contribution in [1.82, 2.24) is 14.9 Å². The molecule has 0 aliphatic heterocycles. The molecular weight excluding hydrogens is 266 g/mol. The summed E-state index contributed by atoms with van der Waals surface area (Å²) in [4.78, 5) is 16.0. The fourth-order valence-corrected chi connectivity index (χ4v) is 2.15. The monoisotopic (exact) mass is 295 g/mol. The van der Waals surface area contributed by atoms with Gasteiger partial charge in [-0.2, -0.15) is 0 Å². The molecule has 0 radical (unpaired) electrons. The van der Waals surface area contributed by atoms with Crippen molar-refractivity contribution >= 4 is 6.09 Å². The molecule has 5 nitrogen and oxygen atoms in total. The lowest BCUT2D eigenvalue weighted by Gasteiger charge is -2.22. The Morgan fingerprint density at radius 3 is 2.71 bits per heavy atom. The summed E-state index contributed by atoms with van der Waals surface area (Å²) in [5, 5.41) is 2.86. The number of unbranched alkanes of at least 4 members (excludes halogenated alkanes) is 3. The van der Waals surface area contributed by atoms with Crippen LogP contribution in [0.4, 0.5) is 4.79 Å². The molecule has 1 amide bonds. The van der Waals surface area contributed by atoms with E-state index < -0.39 is 11.7 Å². The summed E-state index contributed by atoms with van der Waals surface area (Å²) in [6.45, 7) is 10.7. The van der Waals surface area contributed by atoms with E-state index >= 15 is 0 Å². The maximum Gasteiger partial charge on any atom is 0.408 e. The van der Waals surface area contributed by atoms with Gasteiger partial charge in [-0.05, 0) is 34.1 Å². The van der Waals surface area contributed by atoms with Crippen LogP contribution >= 0.6 is 0 Å². The molecule has 0 fully saturated rings. The van der Waals surface area contributed by atoms with Crippen LogP contribution in [0.25, 0.3) is 0 Å². The molecule has 5 heteroatoms. The Kier molecular flexibility index (Phi) is 6.72. The maximum absolute atomic E-state index is 11.8. The van der Waals surface area contributed by atoms with Gasteiger partial charge >= 0.3 is 6.09 Å². The fraction of sp³-hybridized carbons (Fsp3) is 0.750. The van der Waals surface area contributed by atoms with Gasteiger partial charge in [-0.3, -0.25) is 0 Å². The summed E-state index contributed by atoms with van der Waals surface area (Å²) < 4.78 is 7.39. The lowest BCUT2D eigenvalue weighted by molar-refractivity contribution is 0.0506. The second-order valence-corrected chi connectivity index (χ2v) is 6.44. The highest BCUT2D eigenvalue weighted by atomic mass is 16.6. The molecule has 0 aliphatic rings. The number of amides is 1. The number of aryl methyl sites for hydroxylation is 1. The lowest BCUT2D eigenvalue weighted by atomic mass is 10.2. The molecule has 0 spiro atoms. The minimum atomic E-state index is -0.482. The second-order valence-electron chi connectivity index (χ2n) is 6.44. The standard InChI is InChI=1S/C16H29N3O2/c1-6-7-8-9-10-19-12-17-11-14(19)13(2)18-15(20)21-16(3,4)5/h11-13H,6-10H2,1-5H3,(H,18,20). The quantitative estimate of drug-likeness (QED) is 0.772. The van der Waals surface area contributed by atoms with Crippen molar-refractivity contribution in [2.24, 2.45) is 0 Å². The van der Waals surface area contributed by atoms with Gasteiger partial charge in [0.25, 0.3) is 0 Å². The zero-order valence-corrected chi connectivity index (χ0v) is 14.0. The predicted octanol–water partition coefficient (Wildman–Crippen LogP) is 4.05. The first kappa shape index (κ1) is 17.5. The molecule has 1 unspecified atom stereocenters. The highest BCUT2D eigenvalue weighted by Gasteiger charge is 2.19. The van der Waals surface area contributed by atoms with Crippen LogP contribution in [0.3, 0.4) is 0 Å². The molecule has 0 aromatic carbocycles. The molecule has 1 atom stereocenters. The number of nitrogens with zero attached hydrogens (tertiary/aromatic N) is 2. The van der Waals surface area contributed by atoms with Gasteiger partial charge < -0.3 is 14.6 Å². The van der Waals surface area contributed by atoms with Crippen molar-refractivity contribution in [3.05, 3.63) is 18.2 Å². The topological polar surface area (TPSA) is 56.2 Å². The highest BCUT2D eigenvalue weighted by molar-refractivity contribution is 5.68. The number of aromatic nitrogens is 2. The van der Waals surface area contributed by atoms with Gasteiger partial charge in [-0.25, -0.2) is 9.78 Å². The van der Waals surface area contributed by atoms with Crippen LogP contribution in [0, 0.1) is 0 Å². The average Bonchev–Trinajstić information content (AvgIpc) is 2.80. The minimum Gasteiger partial charge on any atom is -0.444 e. The zero-order valence-electron chi connectivity index (χ0n) is 14.0. The van der Waals surface area contributed by atoms with Crippen molar-refractivity contribution < 1.29 is 9.53 Å². The first-order valence-electron chi connectivity index (χ1n) is 7.83. The number of rotatable bonds is 7. The Hall–Kier alpha value is -1.52. The zero-order chi connectivity index (χ0) is 15.9. The van der Waals surface area contributed by atoms with Gasteiger partial charge in [-0.15, -0.1) is 0 Å². The summed E-state index contributed by atoms with van der Waals surface area (Å²) in [6, 6.07) is -0.117. The smallest absolute Gasteiger partial charge is 0.408 e. The SMILES string of the molecule is CCCCCCn1cncc1C(C)NC(=O)OC(C)(C)C. The molecule has 0 bridgehead atoms. The van der Waals surface area contributed by atoms with Crippen LogP contribution in [-0.4, -0.2) is 21.2 Å². The van der Waals surface area contributed by atoms with Crippen molar-refractivity contribution in [2.75, 3.05) is 0 Å². The van der Waals surface area contributed by atoms with Crippen molar-refractivity contribution in [3.63, 3.8) is 0 Å². The third kappa shape index (κ3) is 6.65. The van der Waals surface area contributed by atoms with Gasteiger partial charge in [0.05, 0.1) is 24.3 Å². The number of hydrogen-bond donors (Lipinski definition) is 1. The van der Waals surface area contributed by atoms with E-state index in [9.17, 15) is 4.79 Å². The van der Waals surface area contributed by atoms with E-state index in [2.05, 4.69) is 21.8 Å². The van der Waals surface area contributed by atoms with Gasteiger partial charge in [-0.1, -0.05) is 26.2 Å². The number of carbonyl (C=O) groups is 1. The normalized spacial score (nSPS) is 13.0. The van der Waals surface area contributed by atoms with E-state index in [-0.39, 0.29) is 6.04 Å². The molecule has 0 aliphatic carbocycles. The van der Waals surface area contributed by atoms with Crippen LogP contribution in [0.15, 0.2) is 12.5 Å². The average molecular weight is 295 g/mol. The van der Waals surface area contributed by atoms with Crippen LogP contribution in [-0.2, 0) is 11.3 Å². The number of alkyl carbamates (subject to hydrolysis) is 1. The summed E-state index contributed by atoms with van der Waals surface area (Å²) in [5.41, 5.74) is 0.529. The number of hydrogen-bond acceptors (Lipinski definition) is 3. The largest absolute Gasteiger partial charge is 0.444 e. The summed E-state index contributed by atoms with van der Waals surface area (Å²) in [7, 11) is 0. The molecule has 1 aromatic rings. The fourth-order valence-electron chi connectivity index (χ4n) is 2.15. The Balaban J connectivity index is 2.52. The maximum atomic E-state index is 11.8. The number of carbonyl (C=O) groups excluding carboxylic acids is 1. The molecule has 21 heavy (non-hydrogen) atoms. The molecule has 1 N–H and O–H groups in total. The lowest BCUT2D eigenvalue weighted by Crippen LogP contribution is -2.34. The van der Waals surface area contributed by atoms with E-state index in [0.29, 0.717) is 0 Å². The first-order chi connectivity index (χ1) is 9.83. The second kappa shape index (κ2) is 8.05. The van der Waals surface area contributed by atoms with Crippen molar-refractivity contribution in [2.45, 2.75) is 78.5 Å². The number of ether oxygens (including phenoxy) is 1. The van der Waals surface area contributed by atoms with E-state index in [1.807, 2.05) is 40.2 Å². The molecular formula is C16H29N3O2. The molecule has 1 rings (SSSR count). The summed E-state index contributed by atoms with van der Waals surface area (Å²) in [6.07, 6.45) is 8.09. The Morgan fingerprint density at radius 2 is 2.10 bits per heavy atom. The predicted molar refractivity (Wildman–Crippen MR) is 84.2 cm³/mol. The third-order valence-electron chi connectivity index (χ3n) is 3.17. The first-order valence-corrected chi connectivity index (χ1v) is 7.83. The van der Waals surface area contributed by atoms with Gasteiger partial charge in [0.2, 0.25) is 0 Å². The highest BCUT2D eigenvalue weighted by Crippen LogP contribution is 2.15. The van der Waals surface area contributed by atoms with Gasteiger partial charge in [0.15, 0.2) is 0 Å². The summed E-state index contributed by atoms with van der Waals surface area (Å²) in [5.74, 6) is 0. The summed E-state index contributed by atoms with van der Waals surface area (Å²) >= 11 is 0. The Bertz CT molecular complexity index is 435. The molecule has 1 aromatic heterocycles. The minimum absolute atomic E-state index is 0.117.